The van der Waals surface area contributed by atoms with Crippen molar-refractivity contribution in [3.63, 3.8) is 0 Å². The number of ether oxygens (including phenoxy) is 1. The standard InChI is InChI=1S/C19H24N4O2.ClH/c1-25-15-4-2-14(3-5-15)17-16(12-21-22-17)18(24)23-10-7-19(8-11-23)6-9-20-13-19;/h2-5,12,20H,6-11,13H2,1H3,(H,21,22);1H. The second-order valence-corrected chi connectivity index (χ2v) is 7.11. The van der Waals surface area contributed by atoms with Gasteiger partial charge in [-0.15, -0.1) is 12.4 Å². The fraction of sp³-hybridized carbons (Fsp3) is 0.474. The molecule has 140 valence electrons. The van der Waals surface area contributed by atoms with Gasteiger partial charge in [0.25, 0.3) is 5.91 Å². The smallest absolute Gasteiger partial charge is 0.257 e. The van der Waals surface area contributed by atoms with E-state index in [1.165, 1.54) is 6.42 Å². The van der Waals surface area contributed by atoms with Crippen molar-refractivity contribution >= 4 is 18.3 Å². The third-order valence-corrected chi connectivity index (χ3v) is 5.69. The van der Waals surface area contributed by atoms with Crippen LogP contribution in [-0.4, -0.2) is 54.3 Å². The summed E-state index contributed by atoms with van der Waals surface area (Å²) in [6.07, 6.45) is 5.05. The molecule has 6 nitrogen and oxygen atoms in total. The number of nitrogens with zero attached hydrogens (tertiary/aromatic N) is 2. The number of methoxy groups -OCH3 is 1. The maximum absolute atomic E-state index is 13.0. The predicted octanol–water partition coefficient (Wildman–Crippen LogP) is 2.72. The van der Waals surface area contributed by atoms with Gasteiger partial charge in [-0.25, -0.2) is 0 Å². The molecule has 7 heteroatoms. The summed E-state index contributed by atoms with van der Waals surface area (Å²) in [6.45, 7) is 3.86. The zero-order valence-electron chi connectivity index (χ0n) is 15.0. The average Bonchev–Trinajstić information content (AvgIpc) is 3.32. The van der Waals surface area contributed by atoms with Gasteiger partial charge in [0.1, 0.15) is 5.75 Å². The summed E-state index contributed by atoms with van der Waals surface area (Å²) >= 11 is 0. The minimum atomic E-state index is 0. The van der Waals surface area contributed by atoms with E-state index in [0.29, 0.717) is 11.0 Å². The minimum Gasteiger partial charge on any atom is -0.497 e. The molecule has 3 heterocycles. The van der Waals surface area contributed by atoms with E-state index in [1.807, 2.05) is 29.2 Å². The van der Waals surface area contributed by atoms with Crippen LogP contribution in [0.25, 0.3) is 11.3 Å². The molecule has 2 aliphatic heterocycles. The highest BCUT2D eigenvalue weighted by atomic mass is 35.5. The van der Waals surface area contributed by atoms with Gasteiger partial charge in [-0.05, 0) is 55.5 Å². The van der Waals surface area contributed by atoms with E-state index in [2.05, 4.69) is 15.5 Å². The lowest BCUT2D eigenvalue weighted by molar-refractivity contribution is 0.0608. The van der Waals surface area contributed by atoms with Crippen molar-refractivity contribution in [1.82, 2.24) is 20.4 Å². The number of aromatic nitrogens is 2. The van der Waals surface area contributed by atoms with Crippen LogP contribution in [0.2, 0.25) is 0 Å². The van der Waals surface area contributed by atoms with Crippen LogP contribution >= 0.6 is 12.4 Å². The average molecular weight is 377 g/mol. The van der Waals surface area contributed by atoms with Gasteiger partial charge in [-0.3, -0.25) is 9.89 Å². The van der Waals surface area contributed by atoms with E-state index in [9.17, 15) is 4.79 Å². The summed E-state index contributed by atoms with van der Waals surface area (Å²) in [6, 6.07) is 7.67. The molecule has 1 spiro atoms. The first-order chi connectivity index (χ1) is 12.2. The van der Waals surface area contributed by atoms with E-state index in [-0.39, 0.29) is 18.3 Å². The van der Waals surface area contributed by atoms with E-state index in [4.69, 9.17) is 4.74 Å². The van der Waals surface area contributed by atoms with Crippen LogP contribution in [0, 0.1) is 5.41 Å². The molecule has 2 N–H and O–H groups in total. The van der Waals surface area contributed by atoms with E-state index in [1.54, 1.807) is 13.3 Å². The second kappa shape index (κ2) is 7.68. The zero-order valence-corrected chi connectivity index (χ0v) is 15.8. The van der Waals surface area contributed by atoms with Crippen LogP contribution in [0.15, 0.2) is 30.5 Å². The van der Waals surface area contributed by atoms with Crippen LogP contribution in [0.3, 0.4) is 0 Å². The second-order valence-electron chi connectivity index (χ2n) is 7.11. The summed E-state index contributed by atoms with van der Waals surface area (Å²) < 4.78 is 5.20. The number of halogens is 1. The Kier molecular flexibility index (Phi) is 5.53. The Morgan fingerprint density at radius 1 is 1.19 bits per heavy atom. The molecule has 2 aromatic rings. The van der Waals surface area contributed by atoms with Crippen LogP contribution in [0.1, 0.15) is 29.6 Å². The number of carbonyl (C=O) groups is 1. The molecule has 0 unspecified atom stereocenters. The lowest BCUT2D eigenvalue weighted by atomic mass is 9.78. The first kappa shape index (κ1) is 18.7. The van der Waals surface area contributed by atoms with Gasteiger partial charge in [0.05, 0.1) is 24.6 Å². The number of rotatable bonds is 3. The molecular weight excluding hydrogens is 352 g/mol. The molecule has 1 amide bonds. The number of piperidine rings is 1. The fourth-order valence-electron chi connectivity index (χ4n) is 4.00. The highest BCUT2D eigenvalue weighted by molar-refractivity contribution is 5.99. The first-order valence-corrected chi connectivity index (χ1v) is 8.89. The SMILES string of the molecule is COc1ccc(-c2[nH]ncc2C(=O)N2CCC3(CCNC3)CC2)cc1.Cl. The number of aromatic amines is 1. The summed E-state index contributed by atoms with van der Waals surface area (Å²) in [7, 11) is 1.64. The van der Waals surface area contributed by atoms with Crippen LogP contribution < -0.4 is 10.1 Å². The van der Waals surface area contributed by atoms with Gasteiger partial charge in [-0.2, -0.15) is 5.10 Å². The van der Waals surface area contributed by atoms with Crippen LogP contribution in [0.5, 0.6) is 5.75 Å². The molecule has 0 radical (unpaired) electrons. The molecule has 2 aliphatic rings. The predicted molar refractivity (Wildman–Crippen MR) is 103 cm³/mol. The summed E-state index contributed by atoms with van der Waals surface area (Å²) in [5.74, 6) is 0.864. The van der Waals surface area contributed by atoms with Crippen molar-refractivity contribution in [2.24, 2.45) is 5.41 Å². The van der Waals surface area contributed by atoms with Crippen molar-refractivity contribution < 1.29 is 9.53 Å². The van der Waals surface area contributed by atoms with Gasteiger partial charge >= 0.3 is 0 Å². The molecule has 2 fully saturated rings. The number of likely N-dealkylation sites (tertiary alicyclic amines) is 1. The largest absolute Gasteiger partial charge is 0.497 e. The summed E-state index contributed by atoms with van der Waals surface area (Å²) in [5.41, 5.74) is 2.77. The Hall–Kier alpha value is -2.05. The monoisotopic (exact) mass is 376 g/mol. The number of hydrogen-bond acceptors (Lipinski definition) is 4. The molecular formula is C19H25ClN4O2. The molecule has 1 aromatic carbocycles. The molecule has 0 aliphatic carbocycles. The normalized spacial score (nSPS) is 18.6. The number of carbonyl (C=O) groups excluding carboxylic acids is 1. The minimum absolute atomic E-state index is 0. The van der Waals surface area contributed by atoms with Crippen molar-refractivity contribution in [2.45, 2.75) is 19.3 Å². The molecule has 4 rings (SSSR count). The Morgan fingerprint density at radius 3 is 2.54 bits per heavy atom. The number of H-pyrrole nitrogens is 1. The zero-order chi connectivity index (χ0) is 17.3. The Labute approximate surface area is 159 Å². The number of benzene rings is 1. The fourth-order valence-corrected chi connectivity index (χ4v) is 4.00. The molecule has 2 saturated heterocycles. The number of amides is 1. The first-order valence-electron chi connectivity index (χ1n) is 8.89. The van der Waals surface area contributed by atoms with Crippen LogP contribution in [-0.2, 0) is 0 Å². The maximum Gasteiger partial charge on any atom is 0.257 e. The lowest BCUT2D eigenvalue weighted by Gasteiger charge is -2.38. The van der Waals surface area contributed by atoms with Gasteiger partial charge in [-0.1, -0.05) is 0 Å². The quantitative estimate of drug-likeness (QED) is 0.864. The third kappa shape index (κ3) is 3.44. The molecule has 0 saturated carbocycles. The van der Waals surface area contributed by atoms with Crippen molar-refractivity contribution in [3.8, 4) is 17.0 Å². The van der Waals surface area contributed by atoms with E-state index in [0.717, 1.165) is 56.0 Å². The Balaban J connectivity index is 0.00000196. The van der Waals surface area contributed by atoms with Crippen molar-refractivity contribution in [3.05, 3.63) is 36.0 Å². The third-order valence-electron chi connectivity index (χ3n) is 5.69. The summed E-state index contributed by atoms with van der Waals surface area (Å²) in [4.78, 5) is 15.0. The van der Waals surface area contributed by atoms with Gasteiger partial charge in [0.15, 0.2) is 0 Å². The molecule has 0 bridgehead atoms. The van der Waals surface area contributed by atoms with E-state index < -0.39 is 0 Å². The number of hydrogen-bond donors (Lipinski definition) is 2. The Bertz CT molecular complexity index is 743. The summed E-state index contributed by atoms with van der Waals surface area (Å²) in [5, 5.41) is 10.6. The van der Waals surface area contributed by atoms with Gasteiger partial charge < -0.3 is 15.0 Å². The highest BCUT2D eigenvalue weighted by Gasteiger charge is 2.38. The molecule has 0 atom stereocenters. The molecule has 1 aromatic heterocycles. The molecule has 26 heavy (non-hydrogen) atoms. The topological polar surface area (TPSA) is 70.2 Å². The van der Waals surface area contributed by atoms with E-state index >= 15 is 0 Å². The maximum atomic E-state index is 13.0. The van der Waals surface area contributed by atoms with Crippen molar-refractivity contribution in [2.75, 3.05) is 33.3 Å². The Morgan fingerprint density at radius 2 is 1.92 bits per heavy atom. The van der Waals surface area contributed by atoms with Gasteiger partial charge in [0.2, 0.25) is 0 Å². The number of nitrogens with one attached hydrogen (secondary N) is 2. The van der Waals surface area contributed by atoms with Crippen LogP contribution in [0.4, 0.5) is 0 Å². The van der Waals surface area contributed by atoms with Gasteiger partial charge in [0, 0.05) is 25.2 Å². The highest BCUT2D eigenvalue weighted by Crippen LogP contribution is 2.37. The lowest BCUT2D eigenvalue weighted by Crippen LogP contribution is -2.44. The van der Waals surface area contributed by atoms with Crippen molar-refractivity contribution in [1.29, 1.82) is 0 Å².